The van der Waals surface area contributed by atoms with Crippen LogP contribution in [-0.4, -0.2) is 16.3 Å². The number of aryl methyl sites for hydroxylation is 1. The van der Waals surface area contributed by atoms with Crippen molar-refractivity contribution in [3.8, 4) is 11.3 Å². The Hall–Kier alpha value is -1.55. The Kier molecular flexibility index (Phi) is 3.80. The van der Waals surface area contributed by atoms with Gasteiger partial charge < -0.3 is 9.73 Å². The number of rotatable bonds is 4. The van der Waals surface area contributed by atoms with Gasteiger partial charge in [0.1, 0.15) is 11.5 Å². The van der Waals surface area contributed by atoms with Gasteiger partial charge in [0.2, 0.25) is 0 Å². The molecule has 0 fully saturated rings. The molecule has 0 aliphatic carbocycles. The minimum Gasteiger partial charge on any atom is -0.460 e. The summed E-state index contributed by atoms with van der Waals surface area (Å²) in [7, 11) is 1.95. The van der Waals surface area contributed by atoms with E-state index in [0.717, 1.165) is 35.9 Å². The van der Waals surface area contributed by atoms with Crippen molar-refractivity contribution in [2.45, 2.75) is 39.7 Å². The van der Waals surface area contributed by atoms with Gasteiger partial charge in [-0.1, -0.05) is 27.7 Å². The van der Waals surface area contributed by atoms with E-state index in [1.807, 2.05) is 30.1 Å². The van der Waals surface area contributed by atoms with E-state index in [1.54, 1.807) is 0 Å². The van der Waals surface area contributed by atoms with Crippen LogP contribution >= 0.6 is 0 Å². The average Bonchev–Trinajstić information content (AvgIpc) is 2.91. The van der Waals surface area contributed by atoms with Gasteiger partial charge in [-0.3, -0.25) is 4.68 Å². The lowest BCUT2D eigenvalue weighted by Crippen LogP contribution is -2.13. The van der Waals surface area contributed by atoms with Gasteiger partial charge in [0, 0.05) is 18.7 Å². The van der Waals surface area contributed by atoms with E-state index in [2.05, 4.69) is 38.1 Å². The van der Waals surface area contributed by atoms with Crippen LogP contribution in [0.15, 0.2) is 22.7 Å². The summed E-state index contributed by atoms with van der Waals surface area (Å²) < 4.78 is 7.75. The summed E-state index contributed by atoms with van der Waals surface area (Å²) in [6, 6.07) is 4.05. The van der Waals surface area contributed by atoms with E-state index in [4.69, 9.17) is 4.42 Å². The second-order valence-corrected chi connectivity index (χ2v) is 5.86. The van der Waals surface area contributed by atoms with Crippen molar-refractivity contribution in [1.29, 1.82) is 0 Å². The molecule has 2 aromatic rings. The fraction of sp³-hybridized carbons (Fsp3) is 0.533. The largest absolute Gasteiger partial charge is 0.460 e. The van der Waals surface area contributed by atoms with Crippen LogP contribution in [0.25, 0.3) is 11.3 Å². The van der Waals surface area contributed by atoms with Gasteiger partial charge in [0.15, 0.2) is 0 Å². The van der Waals surface area contributed by atoms with Gasteiger partial charge in [0.05, 0.1) is 17.8 Å². The Bertz CT molecular complexity index is 546. The molecule has 0 aliphatic heterocycles. The number of nitrogens with zero attached hydrogens (tertiary/aromatic N) is 2. The second kappa shape index (κ2) is 5.21. The first-order chi connectivity index (χ1) is 8.91. The molecule has 4 heteroatoms. The van der Waals surface area contributed by atoms with Crippen molar-refractivity contribution < 1.29 is 4.42 Å². The topological polar surface area (TPSA) is 43.0 Å². The van der Waals surface area contributed by atoms with E-state index in [-0.39, 0.29) is 5.41 Å². The van der Waals surface area contributed by atoms with Crippen LogP contribution in [0.4, 0.5) is 0 Å². The molecule has 0 spiro atoms. The highest BCUT2D eigenvalue weighted by Crippen LogP contribution is 2.32. The third kappa shape index (κ3) is 3.07. The molecule has 19 heavy (non-hydrogen) atoms. The maximum atomic E-state index is 5.91. The van der Waals surface area contributed by atoms with E-state index in [9.17, 15) is 0 Å². The Balaban J connectivity index is 2.34. The zero-order valence-corrected chi connectivity index (χ0v) is 12.4. The number of aromatic nitrogens is 2. The number of furan rings is 1. The molecule has 0 saturated heterocycles. The number of hydrogen-bond donors (Lipinski definition) is 1. The minimum absolute atomic E-state index is 0.00517. The SMILES string of the molecule is CCNCc1ccc(-c2cn(C)nc2C(C)(C)C)o1. The van der Waals surface area contributed by atoms with Gasteiger partial charge in [-0.15, -0.1) is 0 Å². The van der Waals surface area contributed by atoms with Crippen molar-refractivity contribution in [3.05, 3.63) is 29.8 Å². The van der Waals surface area contributed by atoms with Crippen LogP contribution in [0.3, 0.4) is 0 Å². The molecular weight excluding hydrogens is 238 g/mol. The van der Waals surface area contributed by atoms with E-state index < -0.39 is 0 Å². The lowest BCUT2D eigenvalue weighted by Gasteiger charge is -2.16. The summed E-state index contributed by atoms with van der Waals surface area (Å²) in [6.07, 6.45) is 2.02. The fourth-order valence-electron chi connectivity index (χ4n) is 2.09. The van der Waals surface area contributed by atoms with Gasteiger partial charge in [0.25, 0.3) is 0 Å². The Morgan fingerprint density at radius 2 is 2.05 bits per heavy atom. The highest BCUT2D eigenvalue weighted by Gasteiger charge is 2.24. The zero-order chi connectivity index (χ0) is 14.0. The predicted molar refractivity (Wildman–Crippen MR) is 77.0 cm³/mol. The first-order valence-electron chi connectivity index (χ1n) is 6.75. The smallest absolute Gasteiger partial charge is 0.137 e. The van der Waals surface area contributed by atoms with Crippen molar-refractivity contribution in [1.82, 2.24) is 15.1 Å². The van der Waals surface area contributed by atoms with E-state index in [1.165, 1.54) is 0 Å². The summed E-state index contributed by atoms with van der Waals surface area (Å²) in [5, 5.41) is 7.84. The molecule has 1 N–H and O–H groups in total. The molecular formula is C15H23N3O. The monoisotopic (exact) mass is 261 g/mol. The third-order valence-electron chi connectivity index (χ3n) is 3.02. The van der Waals surface area contributed by atoms with Crippen LogP contribution in [0, 0.1) is 0 Å². The van der Waals surface area contributed by atoms with Crippen LogP contribution in [0.1, 0.15) is 39.1 Å². The number of hydrogen-bond acceptors (Lipinski definition) is 3. The van der Waals surface area contributed by atoms with Crippen molar-refractivity contribution in [2.24, 2.45) is 7.05 Å². The summed E-state index contributed by atoms with van der Waals surface area (Å²) in [5.41, 5.74) is 2.16. The molecule has 2 heterocycles. The fourth-order valence-corrected chi connectivity index (χ4v) is 2.09. The van der Waals surface area contributed by atoms with Crippen LogP contribution in [-0.2, 0) is 19.0 Å². The highest BCUT2D eigenvalue weighted by molar-refractivity contribution is 5.61. The lowest BCUT2D eigenvalue weighted by molar-refractivity contribution is 0.495. The second-order valence-electron chi connectivity index (χ2n) is 5.86. The minimum atomic E-state index is 0.00517. The first kappa shape index (κ1) is 13.9. The molecule has 2 aromatic heterocycles. The standard InChI is InChI=1S/C15H23N3O/c1-6-16-9-11-7-8-13(19-11)12-10-18(5)17-14(12)15(2,3)4/h7-8,10,16H,6,9H2,1-5H3. The summed E-state index contributed by atoms with van der Waals surface area (Å²) >= 11 is 0. The molecule has 0 atom stereocenters. The van der Waals surface area contributed by atoms with Crippen molar-refractivity contribution in [2.75, 3.05) is 6.54 Å². The van der Waals surface area contributed by atoms with Crippen LogP contribution in [0.5, 0.6) is 0 Å². The summed E-state index contributed by atoms with van der Waals surface area (Å²) in [6.45, 7) is 10.3. The normalized spacial score (nSPS) is 12.1. The molecule has 0 aliphatic rings. The first-order valence-corrected chi connectivity index (χ1v) is 6.75. The van der Waals surface area contributed by atoms with Gasteiger partial charge >= 0.3 is 0 Å². The lowest BCUT2D eigenvalue weighted by atomic mass is 9.89. The van der Waals surface area contributed by atoms with E-state index in [0.29, 0.717) is 0 Å². The van der Waals surface area contributed by atoms with Crippen LogP contribution in [0.2, 0.25) is 0 Å². The maximum Gasteiger partial charge on any atom is 0.137 e. The Morgan fingerprint density at radius 3 is 2.68 bits per heavy atom. The number of nitrogens with one attached hydrogen (secondary N) is 1. The molecule has 0 bridgehead atoms. The van der Waals surface area contributed by atoms with Gasteiger partial charge in [-0.05, 0) is 18.7 Å². The van der Waals surface area contributed by atoms with Gasteiger partial charge in [-0.2, -0.15) is 5.10 Å². The molecule has 0 amide bonds. The zero-order valence-electron chi connectivity index (χ0n) is 12.4. The van der Waals surface area contributed by atoms with Crippen LogP contribution < -0.4 is 5.32 Å². The quantitative estimate of drug-likeness (QED) is 0.919. The summed E-state index contributed by atoms with van der Waals surface area (Å²) in [4.78, 5) is 0. The van der Waals surface area contributed by atoms with E-state index >= 15 is 0 Å². The molecule has 0 aromatic carbocycles. The third-order valence-corrected chi connectivity index (χ3v) is 3.02. The molecule has 4 nitrogen and oxygen atoms in total. The molecule has 0 radical (unpaired) electrons. The van der Waals surface area contributed by atoms with Gasteiger partial charge in [-0.25, -0.2) is 0 Å². The summed E-state index contributed by atoms with van der Waals surface area (Å²) in [5.74, 6) is 1.85. The maximum absolute atomic E-state index is 5.91. The van der Waals surface area contributed by atoms with Crippen molar-refractivity contribution >= 4 is 0 Å². The molecule has 104 valence electrons. The predicted octanol–water partition coefficient (Wildman–Crippen LogP) is 3.09. The van der Waals surface area contributed by atoms with Crippen molar-refractivity contribution in [3.63, 3.8) is 0 Å². The average molecular weight is 261 g/mol. The highest BCUT2D eigenvalue weighted by atomic mass is 16.3. The molecule has 0 saturated carbocycles. The molecule has 0 unspecified atom stereocenters. The molecule has 2 rings (SSSR count). The Morgan fingerprint density at radius 1 is 1.32 bits per heavy atom. The Labute approximate surface area is 114 Å².